The van der Waals surface area contributed by atoms with Crippen molar-refractivity contribution >= 4 is 17.3 Å². The Morgan fingerprint density at radius 1 is 1.71 bits per heavy atom. The Hall–Kier alpha value is -0.940. The number of aliphatic carboxylic acids is 1. The molecule has 2 N–H and O–H groups in total. The first-order valence-electron chi connectivity index (χ1n) is 4.61. The van der Waals surface area contributed by atoms with Crippen molar-refractivity contribution in [2.24, 2.45) is 0 Å². The Bertz CT molecular complexity index is 299. The lowest BCUT2D eigenvalue weighted by atomic mass is 10.3. The molecule has 0 fully saturated rings. The number of carboxylic acid groups (broad SMARTS) is 1. The highest BCUT2D eigenvalue weighted by molar-refractivity contribution is 7.09. The molecule has 14 heavy (non-hydrogen) atoms. The summed E-state index contributed by atoms with van der Waals surface area (Å²) in [5.74, 6) is -0.970. The van der Waals surface area contributed by atoms with E-state index in [2.05, 4.69) is 10.3 Å². The van der Waals surface area contributed by atoms with E-state index in [-0.39, 0.29) is 6.42 Å². The largest absolute Gasteiger partial charge is 0.550 e. The second-order valence-electron chi connectivity index (χ2n) is 3.11. The number of rotatable bonds is 6. The van der Waals surface area contributed by atoms with Crippen molar-refractivity contribution in [1.82, 2.24) is 4.98 Å². The zero-order valence-electron chi connectivity index (χ0n) is 8.16. The number of thiazole rings is 1. The summed E-state index contributed by atoms with van der Waals surface area (Å²) < 4.78 is 0. The molecule has 1 rings (SSSR count). The first-order chi connectivity index (χ1) is 6.68. The highest BCUT2D eigenvalue weighted by Gasteiger charge is 1.99. The quantitative estimate of drug-likeness (QED) is 0.620. The van der Waals surface area contributed by atoms with Crippen molar-refractivity contribution in [3.63, 3.8) is 0 Å². The number of aryl methyl sites for hydroxylation is 1. The fraction of sp³-hybridized carbons (Fsp3) is 0.556. The molecular formula is C9H14N2O2S. The SMILES string of the molecule is Cc1nc(C[NH2+]CCCC(=O)[O-])cs1. The molecule has 0 aromatic carbocycles. The maximum Gasteiger partial charge on any atom is 0.119 e. The van der Waals surface area contributed by atoms with Crippen LogP contribution >= 0.6 is 11.3 Å². The van der Waals surface area contributed by atoms with Crippen LogP contribution in [0, 0.1) is 6.92 Å². The number of hydrogen-bond donors (Lipinski definition) is 1. The van der Waals surface area contributed by atoms with Gasteiger partial charge < -0.3 is 15.2 Å². The normalized spacial score (nSPS) is 10.4. The third-order valence-corrected chi connectivity index (χ3v) is 2.63. The Morgan fingerprint density at radius 3 is 3.07 bits per heavy atom. The van der Waals surface area contributed by atoms with E-state index in [4.69, 9.17) is 0 Å². The monoisotopic (exact) mass is 214 g/mol. The maximum absolute atomic E-state index is 10.1. The molecule has 4 nitrogen and oxygen atoms in total. The van der Waals surface area contributed by atoms with Crippen molar-refractivity contribution in [3.8, 4) is 0 Å². The van der Waals surface area contributed by atoms with Gasteiger partial charge in [-0.05, 0) is 13.3 Å². The first kappa shape index (κ1) is 11.1. The summed E-state index contributed by atoms with van der Waals surface area (Å²) >= 11 is 1.64. The molecule has 78 valence electrons. The number of quaternary nitrogens is 1. The zero-order valence-corrected chi connectivity index (χ0v) is 8.97. The Labute approximate surface area is 87.0 Å². The molecule has 0 atom stereocenters. The van der Waals surface area contributed by atoms with Gasteiger partial charge in [0.2, 0.25) is 0 Å². The Balaban J connectivity index is 2.07. The second-order valence-corrected chi connectivity index (χ2v) is 4.18. The number of carbonyl (C=O) groups is 1. The van der Waals surface area contributed by atoms with Gasteiger partial charge in [0.1, 0.15) is 12.2 Å². The number of nitrogens with two attached hydrogens (primary N) is 1. The van der Waals surface area contributed by atoms with Crippen LogP contribution in [0.2, 0.25) is 0 Å². The molecule has 0 amide bonds. The number of carbonyl (C=O) groups excluding carboxylic acids is 1. The molecule has 0 radical (unpaired) electrons. The lowest BCUT2D eigenvalue weighted by Gasteiger charge is -2.00. The van der Waals surface area contributed by atoms with Crippen molar-refractivity contribution in [1.29, 1.82) is 0 Å². The van der Waals surface area contributed by atoms with Gasteiger partial charge in [0.15, 0.2) is 0 Å². The maximum atomic E-state index is 10.1. The number of carboxylic acids is 1. The first-order valence-corrected chi connectivity index (χ1v) is 5.49. The molecule has 5 heteroatoms. The molecule has 1 aromatic heterocycles. The van der Waals surface area contributed by atoms with Gasteiger partial charge in [0.05, 0.1) is 11.6 Å². The van der Waals surface area contributed by atoms with Crippen LogP contribution in [0.3, 0.4) is 0 Å². The van der Waals surface area contributed by atoms with Crippen LogP contribution in [0.5, 0.6) is 0 Å². The Morgan fingerprint density at radius 2 is 2.50 bits per heavy atom. The topological polar surface area (TPSA) is 69.6 Å². The van der Waals surface area contributed by atoms with E-state index in [1.165, 1.54) is 0 Å². The Kier molecular flexibility index (Phi) is 4.55. The molecular weight excluding hydrogens is 200 g/mol. The number of nitrogens with zero attached hydrogens (tertiary/aromatic N) is 1. The van der Waals surface area contributed by atoms with E-state index < -0.39 is 5.97 Å². The summed E-state index contributed by atoms with van der Waals surface area (Å²) in [6, 6.07) is 0. The van der Waals surface area contributed by atoms with Gasteiger partial charge in [-0.15, -0.1) is 11.3 Å². The van der Waals surface area contributed by atoms with Crippen LogP contribution in [-0.2, 0) is 11.3 Å². The van der Waals surface area contributed by atoms with Gasteiger partial charge in [0.25, 0.3) is 0 Å². The van der Waals surface area contributed by atoms with Gasteiger partial charge in [-0.1, -0.05) is 0 Å². The van der Waals surface area contributed by atoms with Gasteiger partial charge in [-0.25, -0.2) is 4.98 Å². The van der Waals surface area contributed by atoms with Crippen molar-refractivity contribution < 1.29 is 15.2 Å². The molecule has 0 saturated heterocycles. The van der Waals surface area contributed by atoms with E-state index in [0.29, 0.717) is 6.42 Å². The third-order valence-electron chi connectivity index (χ3n) is 1.81. The van der Waals surface area contributed by atoms with Gasteiger partial charge in [-0.2, -0.15) is 0 Å². The zero-order chi connectivity index (χ0) is 10.4. The van der Waals surface area contributed by atoms with E-state index in [1.807, 2.05) is 12.3 Å². The summed E-state index contributed by atoms with van der Waals surface area (Å²) in [6.45, 7) is 3.62. The standard InChI is InChI=1S/C9H14N2O2S/c1-7-11-8(6-14-7)5-10-4-2-3-9(12)13/h6,10H,2-5H2,1H3,(H,12,13). The predicted molar refractivity (Wildman–Crippen MR) is 51.6 cm³/mol. The number of hydrogen-bond acceptors (Lipinski definition) is 4. The average Bonchev–Trinajstić information content (AvgIpc) is 2.50. The van der Waals surface area contributed by atoms with Crippen LogP contribution in [0.1, 0.15) is 23.5 Å². The minimum absolute atomic E-state index is 0.145. The van der Waals surface area contributed by atoms with Crippen LogP contribution in [-0.4, -0.2) is 17.5 Å². The number of aromatic nitrogens is 1. The molecule has 1 aromatic rings. The summed E-state index contributed by atoms with van der Waals surface area (Å²) in [7, 11) is 0. The summed E-state index contributed by atoms with van der Waals surface area (Å²) in [5.41, 5.74) is 1.07. The van der Waals surface area contributed by atoms with Crippen molar-refractivity contribution in [2.45, 2.75) is 26.3 Å². The van der Waals surface area contributed by atoms with Gasteiger partial charge >= 0.3 is 0 Å². The highest BCUT2D eigenvalue weighted by Crippen LogP contribution is 2.05. The minimum Gasteiger partial charge on any atom is -0.550 e. The van der Waals surface area contributed by atoms with Gasteiger partial charge in [0, 0.05) is 17.8 Å². The third kappa shape index (κ3) is 4.34. The van der Waals surface area contributed by atoms with Crippen LogP contribution in [0.15, 0.2) is 5.38 Å². The molecule has 1 heterocycles. The summed E-state index contributed by atoms with van der Waals surface area (Å²) in [6.07, 6.45) is 0.804. The molecule has 0 aliphatic heterocycles. The highest BCUT2D eigenvalue weighted by atomic mass is 32.1. The lowest BCUT2D eigenvalue weighted by Crippen LogP contribution is -2.82. The summed E-state index contributed by atoms with van der Waals surface area (Å²) in [4.78, 5) is 14.4. The van der Waals surface area contributed by atoms with E-state index in [9.17, 15) is 9.90 Å². The van der Waals surface area contributed by atoms with Gasteiger partial charge in [-0.3, -0.25) is 0 Å². The minimum atomic E-state index is -0.970. The smallest absolute Gasteiger partial charge is 0.119 e. The molecule has 0 unspecified atom stereocenters. The van der Waals surface area contributed by atoms with E-state index >= 15 is 0 Å². The molecule has 0 aliphatic rings. The van der Waals surface area contributed by atoms with E-state index in [0.717, 1.165) is 23.8 Å². The second kappa shape index (κ2) is 5.72. The molecule has 0 spiro atoms. The van der Waals surface area contributed by atoms with E-state index in [1.54, 1.807) is 11.3 Å². The fourth-order valence-electron chi connectivity index (χ4n) is 1.14. The van der Waals surface area contributed by atoms with Crippen LogP contribution in [0.4, 0.5) is 0 Å². The molecule has 0 aliphatic carbocycles. The van der Waals surface area contributed by atoms with Crippen molar-refractivity contribution in [2.75, 3.05) is 6.54 Å². The van der Waals surface area contributed by atoms with Crippen molar-refractivity contribution in [3.05, 3.63) is 16.1 Å². The van der Waals surface area contributed by atoms with Crippen LogP contribution in [0.25, 0.3) is 0 Å². The van der Waals surface area contributed by atoms with Crippen LogP contribution < -0.4 is 10.4 Å². The predicted octanol–water partition coefficient (Wildman–Crippen LogP) is -0.955. The fourth-order valence-corrected chi connectivity index (χ4v) is 1.77. The summed E-state index contributed by atoms with van der Waals surface area (Å²) in [5, 5.41) is 15.3. The average molecular weight is 214 g/mol. The molecule has 0 saturated carbocycles. The lowest BCUT2D eigenvalue weighted by molar-refractivity contribution is -0.671. The molecule has 0 bridgehead atoms.